The van der Waals surface area contributed by atoms with Gasteiger partial charge in [-0.3, -0.25) is 0 Å². The molecule has 0 atom stereocenters. The monoisotopic (exact) mass is 182 g/mol. The molecule has 0 aromatic heterocycles. The second kappa shape index (κ2) is 2.73. The fourth-order valence-electron chi connectivity index (χ4n) is 0.715. The smallest absolute Gasteiger partial charge is 0.207 e. The van der Waals surface area contributed by atoms with Crippen LogP contribution >= 0.6 is 0 Å². The number of hydrogen-bond acceptors (Lipinski definition) is 0. The van der Waals surface area contributed by atoms with Crippen molar-refractivity contribution in [3.63, 3.8) is 0 Å². The Kier molecular flexibility index (Phi) is 2.04. The van der Waals surface area contributed by atoms with E-state index in [2.05, 4.69) is 0 Å². The molecule has 0 heterocycles. The van der Waals surface area contributed by atoms with Crippen molar-refractivity contribution in [3.8, 4) is 0 Å². The standard InChI is InChI=1S/C7H3F5/c8-4-1-2-6(9)5(3-4)7(10,11)12/h1-3H. The summed E-state index contributed by atoms with van der Waals surface area (Å²) in [6.07, 6.45) is -4.84. The molecule has 0 unspecified atom stereocenters. The topological polar surface area (TPSA) is 0 Å². The van der Waals surface area contributed by atoms with E-state index < -0.39 is 23.4 Å². The first kappa shape index (κ1) is 8.96. The van der Waals surface area contributed by atoms with Crippen LogP contribution in [-0.2, 0) is 6.18 Å². The zero-order valence-electron chi connectivity index (χ0n) is 5.62. The van der Waals surface area contributed by atoms with Crippen molar-refractivity contribution in [2.75, 3.05) is 0 Å². The fraction of sp³-hybridized carbons (Fsp3) is 0.143. The Morgan fingerprint density at radius 1 is 1.00 bits per heavy atom. The molecule has 0 nitrogen and oxygen atoms in total. The first-order valence-electron chi connectivity index (χ1n) is 2.93. The predicted molar refractivity (Wildman–Crippen MR) is 31.4 cm³/mol. The molecule has 0 saturated heterocycles. The Hall–Kier alpha value is -1.13. The molecule has 0 aliphatic heterocycles. The van der Waals surface area contributed by atoms with Crippen LogP contribution in [0, 0.1) is 11.6 Å². The van der Waals surface area contributed by atoms with E-state index in [-0.39, 0.29) is 6.07 Å². The van der Waals surface area contributed by atoms with Gasteiger partial charge >= 0.3 is 6.18 Å². The largest absolute Gasteiger partial charge is 0.419 e. The van der Waals surface area contributed by atoms with Crippen molar-refractivity contribution in [3.05, 3.63) is 35.4 Å². The van der Waals surface area contributed by atoms with Crippen molar-refractivity contribution in [2.45, 2.75) is 6.18 Å². The van der Waals surface area contributed by atoms with Crippen LogP contribution in [0.3, 0.4) is 0 Å². The Morgan fingerprint density at radius 3 is 2.00 bits per heavy atom. The molecule has 1 rings (SSSR count). The predicted octanol–water partition coefficient (Wildman–Crippen LogP) is 2.98. The third-order valence-electron chi connectivity index (χ3n) is 1.23. The summed E-state index contributed by atoms with van der Waals surface area (Å²) in [6, 6.07) is 1.19. The summed E-state index contributed by atoms with van der Waals surface area (Å²) in [5, 5.41) is 0. The third kappa shape index (κ3) is 1.72. The molecule has 0 radical (unpaired) electrons. The maximum atomic E-state index is 12.4. The molecule has 0 N–H and O–H groups in total. The number of rotatable bonds is 0. The summed E-state index contributed by atoms with van der Waals surface area (Å²) >= 11 is 0. The summed E-state index contributed by atoms with van der Waals surface area (Å²) in [5.41, 5.74) is -1.58. The van der Waals surface area contributed by atoms with Crippen molar-refractivity contribution in [1.82, 2.24) is 0 Å². The average molecular weight is 182 g/mol. The molecule has 0 fully saturated rings. The second-order valence-corrected chi connectivity index (χ2v) is 2.12. The normalized spacial score (nSPS) is 11.8. The van der Waals surface area contributed by atoms with Gasteiger partial charge < -0.3 is 0 Å². The van der Waals surface area contributed by atoms with Crippen LogP contribution < -0.4 is 0 Å². The van der Waals surface area contributed by atoms with Crippen LogP contribution in [-0.4, -0.2) is 0 Å². The van der Waals surface area contributed by atoms with Crippen LogP contribution in [0.1, 0.15) is 5.56 Å². The van der Waals surface area contributed by atoms with Gasteiger partial charge in [0.25, 0.3) is 0 Å². The van der Waals surface area contributed by atoms with Gasteiger partial charge in [-0.2, -0.15) is 13.2 Å². The molecular formula is C7H3F5. The molecule has 1 aromatic rings. The number of hydrogen-bond donors (Lipinski definition) is 0. The van der Waals surface area contributed by atoms with Gasteiger partial charge in [-0.1, -0.05) is 0 Å². The number of halogens is 5. The highest BCUT2D eigenvalue weighted by Gasteiger charge is 2.34. The first-order chi connectivity index (χ1) is 5.41. The molecule has 0 saturated carbocycles. The molecule has 0 amide bonds. The Bertz CT molecular complexity index is 288. The summed E-state index contributed by atoms with van der Waals surface area (Å²) < 4.78 is 60.1. The lowest BCUT2D eigenvalue weighted by Gasteiger charge is -2.06. The van der Waals surface area contributed by atoms with E-state index in [4.69, 9.17) is 0 Å². The van der Waals surface area contributed by atoms with E-state index in [0.717, 1.165) is 0 Å². The highest BCUT2D eigenvalue weighted by atomic mass is 19.4. The molecule has 0 aliphatic rings. The highest BCUT2D eigenvalue weighted by Crippen LogP contribution is 2.31. The second-order valence-electron chi connectivity index (χ2n) is 2.12. The molecule has 1 aromatic carbocycles. The third-order valence-corrected chi connectivity index (χ3v) is 1.23. The number of benzene rings is 1. The summed E-state index contributed by atoms with van der Waals surface area (Å²) in [6.45, 7) is 0. The maximum absolute atomic E-state index is 12.4. The van der Waals surface area contributed by atoms with E-state index in [0.29, 0.717) is 12.1 Å². The van der Waals surface area contributed by atoms with E-state index >= 15 is 0 Å². The van der Waals surface area contributed by atoms with Crippen molar-refractivity contribution < 1.29 is 22.0 Å². The minimum atomic E-state index is -4.84. The van der Waals surface area contributed by atoms with Crippen LogP contribution in [0.25, 0.3) is 0 Å². The molecule has 0 bridgehead atoms. The van der Waals surface area contributed by atoms with Gasteiger partial charge in [-0.15, -0.1) is 0 Å². The van der Waals surface area contributed by atoms with Crippen molar-refractivity contribution in [2.24, 2.45) is 0 Å². The summed E-state index contributed by atoms with van der Waals surface area (Å²) in [4.78, 5) is 0. The Labute approximate surface area is 64.6 Å². The lowest BCUT2D eigenvalue weighted by atomic mass is 10.2. The van der Waals surface area contributed by atoms with Crippen LogP contribution in [0.2, 0.25) is 0 Å². The van der Waals surface area contributed by atoms with Crippen LogP contribution in [0.4, 0.5) is 22.0 Å². The Balaban J connectivity index is 3.23. The van der Waals surface area contributed by atoms with Crippen LogP contribution in [0.15, 0.2) is 18.2 Å². The zero-order valence-corrected chi connectivity index (χ0v) is 5.62. The summed E-state index contributed by atoms with van der Waals surface area (Å²) in [7, 11) is 0. The van der Waals surface area contributed by atoms with Gasteiger partial charge in [0.05, 0.1) is 5.56 Å². The van der Waals surface area contributed by atoms with Gasteiger partial charge in [0.2, 0.25) is 0 Å². The molecule has 66 valence electrons. The van der Waals surface area contributed by atoms with Gasteiger partial charge in [0, 0.05) is 0 Å². The maximum Gasteiger partial charge on any atom is 0.419 e. The minimum Gasteiger partial charge on any atom is -0.207 e. The van der Waals surface area contributed by atoms with E-state index in [1.54, 1.807) is 0 Å². The minimum absolute atomic E-state index is 0.120. The van der Waals surface area contributed by atoms with Gasteiger partial charge in [0.1, 0.15) is 11.6 Å². The van der Waals surface area contributed by atoms with Crippen LogP contribution in [0.5, 0.6) is 0 Å². The van der Waals surface area contributed by atoms with E-state index in [1.165, 1.54) is 0 Å². The molecular weight excluding hydrogens is 179 g/mol. The average Bonchev–Trinajstić information content (AvgIpc) is 1.92. The van der Waals surface area contributed by atoms with Gasteiger partial charge in [-0.25, -0.2) is 8.78 Å². The highest BCUT2D eigenvalue weighted by molar-refractivity contribution is 5.21. The molecule has 5 heteroatoms. The van der Waals surface area contributed by atoms with Crippen molar-refractivity contribution >= 4 is 0 Å². The molecule has 0 aliphatic carbocycles. The summed E-state index contributed by atoms with van der Waals surface area (Å²) in [5.74, 6) is -2.58. The quantitative estimate of drug-likeness (QED) is 0.541. The lowest BCUT2D eigenvalue weighted by Crippen LogP contribution is -2.08. The van der Waals surface area contributed by atoms with E-state index in [1.807, 2.05) is 0 Å². The lowest BCUT2D eigenvalue weighted by molar-refractivity contribution is -0.140. The van der Waals surface area contributed by atoms with Gasteiger partial charge in [-0.05, 0) is 18.2 Å². The van der Waals surface area contributed by atoms with Crippen molar-refractivity contribution in [1.29, 1.82) is 0 Å². The fourth-order valence-corrected chi connectivity index (χ4v) is 0.715. The van der Waals surface area contributed by atoms with Gasteiger partial charge in [0.15, 0.2) is 0 Å². The number of alkyl halides is 3. The zero-order chi connectivity index (χ0) is 9.35. The molecule has 0 spiro atoms. The first-order valence-corrected chi connectivity index (χ1v) is 2.93. The molecule has 12 heavy (non-hydrogen) atoms. The van der Waals surface area contributed by atoms with E-state index in [9.17, 15) is 22.0 Å². The SMILES string of the molecule is Fc1ccc(F)c(C(F)(F)F)c1. The Morgan fingerprint density at radius 2 is 1.58 bits per heavy atom.